The SMILES string of the molecule is C=CC(=O)N1CC(C)N(/C(=N/C)c2cc(Cl)c(-c3ccccc3F)nc2N(C=O)c2c(C(C)C)ncnc2C(C)C)C(C)C1. The molecule has 0 aliphatic carbocycles. The summed E-state index contributed by atoms with van der Waals surface area (Å²) in [6.45, 7) is 16.5. The molecule has 2 atom stereocenters. The molecule has 1 fully saturated rings. The first-order chi connectivity index (χ1) is 20.9. The van der Waals surface area contributed by atoms with Crippen LogP contribution in [0.25, 0.3) is 11.3 Å². The Morgan fingerprint density at radius 1 is 1.11 bits per heavy atom. The summed E-state index contributed by atoms with van der Waals surface area (Å²) >= 11 is 6.86. The minimum Gasteiger partial charge on any atom is -0.347 e. The number of amidine groups is 1. The van der Waals surface area contributed by atoms with E-state index in [9.17, 15) is 9.59 Å². The number of anilines is 2. The van der Waals surface area contributed by atoms with Crippen molar-refractivity contribution in [3.05, 3.63) is 77.1 Å². The van der Waals surface area contributed by atoms with Crippen LogP contribution in [0.5, 0.6) is 0 Å². The maximum Gasteiger partial charge on any atom is 0.246 e. The standard InChI is InChI=1S/C33H39ClFN7O2/c1-9-27(44)40-15-21(6)42(22(7)16-40)32(36-8)24-14-25(34)30(23-12-10-11-13-26(23)35)39-33(24)41(18-43)31-28(19(2)3)37-17-38-29(31)20(4)5/h9-14,17-22H,1,15-16H2,2-8H3/b36-32+. The summed E-state index contributed by atoms with van der Waals surface area (Å²) in [5.41, 5.74) is 2.70. The summed E-state index contributed by atoms with van der Waals surface area (Å²) in [6, 6.07) is 7.60. The first-order valence-electron chi connectivity index (χ1n) is 14.7. The van der Waals surface area contributed by atoms with Crippen molar-refractivity contribution in [2.75, 3.05) is 25.0 Å². The van der Waals surface area contributed by atoms with Crippen molar-refractivity contribution in [1.29, 1.82) is 0 Å². The third kappa shape index (κ3) is 6.22. The van der Waals surface area contributed by atoms with Crippen molar-refractivity contribution >= 4 is 41.3 Å². The average molecular weight is 620 g/mol. The molecule has 3 heterocycles. The Morgan fingerprint density at radius 3 is 2.20 bits per heavy atom. The Bertz CT molecular complexity index is 1550. The number of halogens is 2. The summed E-state index contributed by atoms with van der Waals surface area (Å²) in [5, 5.41) is 0.194. The molecule has 2 unspecified atom stereocenters. The zero-order valence-corrected chi connectivity index (χ0v) is 27.0. The van der Waals surface area contributed by atoms with E-state index in [1.807, 2.05) is 41.5 Å². The number of piperazine rings is 1. The van der Waals surface area contributed by atoms with E-state index < -0.39 is 5.82 Å². The molecule has 4 rings (SSSR count). The number of aromatic nitrogens is 3. The highest BCUT2D eigenvalue weighted by Crippen LogP contribution is 2.40. The smallest absolute Gasteiger partial charge is 0.246 e. The van der Waals surface area contributed by atoms with Crippen LogP contribution in [0.2, 0.25) is 5.02 Å². The van der Waals surface area contributed by atoms with E-state index in [1.54, 1.807) is 36.2 Å². The molecule has 0 saturated carbocycles. The molecule has 11 heteroatoms. The van der Waals surface area contributed by atoms with Gasteiger partial charge in [-0.2, -0.15) is 0 Å². The minimum absolute atomic E-state index is 0.0513. The Balaban J connectivity index is 2.02. The van der Waals surface area contributed by atoms with Gasteiger partial charge in [-0.15, -0.1) is 0 Å². The van der Waals surface area contributed by atoms with E-state index in [2.05, 4.69) is 21.4 Å². The van der Waals surface area contributed by atoms with Crippen LogP contribution in [0, 0.1) is 5.82 Å². The molecule has 0 radical (unpaired) electrons. The molecule has 3 aromatic rings. The zero-order chi connectivity index (χ0) is 32.3. The number of nitrogens with zero attached hydrogens (tertiary/aromatic N) is 7. The van der Waals surface area contributed by atoms with Crippen LogP contribution in [0.3, 0.4) is 0 Å². The van der Waals surface area contributed by atoms with Crippen molar-refractivity contribution in [3.63, 3.8) is 0 Å². The summed E-state index contributed by atoms with van der Waals surface area (Å²) in [6.07, 6.45) is 3.50. The van der Waals surface area contributed by atoms with Crippen LogP contribution in [0.1, 0.15) is 70.3 Å². The van der Waals surface area contributed by atoms with Crippen LogP contribution < -0.4 is 4.90 Å². The first-order valence-corrected chi connectivity index (χ1v) is 15.0. The van der Waals surface area contributed by atoms with Gasteiger partial charge >= 0.3 is 0 Å². The quantitative estimate of drug-likeness (QED) is 0.126. The van der Waals surface area contributed by atoms with Gasteiger partial charge in [-0.3, -0.25) is 19.5 Å². The van der Waals surface area contributed by atoms with E-state index in [0.29, 0.717) is 48.0 Å². The average Bonchev–Trinajstić information content (AvgIpc) is 2.99. The number of pyridine rings is 1. The van der Waals surface area contributed by atoms with Crippen molar-refractivity contribution in [2.45, 2.75) is 65.5 Å². The van der Waals surface area contributed by atoms with Crippen LogP contribution in [0.4, 0.5) is 15.9 Å². The molecule has 1 aromatic carbocycles. The molecule has 1 aliphatic heterocycles. The summed E-state index contributed by atoms with van der Waals surface area (Å²) in [7, 11) is 1.66. The lowest BCUT2D eigenvalue weighted by Crippen LogP contribution is -2.59. The Labute approximate surface area is 263 Å². The van der Waals surface area contributed by atoms with Crippen molar-refractivity contribution in [3.8, 4) is 11.3 Å². The van der Waals surface area contributed by atoms with Crippen molar-refractivity contribution < 1.29 is 14.0 Å². The van der Waals surface area contributed by atoms with Crippen LogP contribution in [0.15, 0.2) is 54.3 Å². The molecule has 1 saturated heterocycles. The largest absolute Gasteiger partial charge is 0.347 e. The molecule has 0 bridgehead atoms. The molecule has 44 heavy (non-hydrogen) atoms. The maximum atomic E-state index is 15.1. The third-order valence-corrected chi connectivity index (χ3v) is 8.02. The number of benzene rings is 1. The molecular weight excluding hydrogens is 581 g/mol. The molecule has 9 nitrogen and oxygen atoms in total. The van der Waals surface area contributed by atoms with Crippen molar-refractivity contribution in [1.82, 2.24) is 24.8 Å². The highest BCUT2D eigenvalue weighted by molar-refractivity contribution is 6.33. The zero-order valence-electron chi connectivity index (χ0n) is 26.3. The topological polar surface area (TPSA) is 94.9 Å². The first kappa shape index (κ1) is 32.7. The second kappa shape index (κ2) is 13.6. The lowest BCUT2D eigenvalue weighted by Gasteiger charge is -2.46. The van der Waals surface area contributed by atoms with Gasteiger partial charge in [0, 0.05) is 37.8 Å². The number of carbonyl (C=O) groups is 2. The Morgan fingerprint density at radius 2 is 1.70 bits per heavy atom. The van der Waals surface area contributed by atoms with E-state index in [1.165, 1.54) is 23.4 Å². The third-order valence-electron chi connectivity index (χ3n) is 7.73. The predicted octanol–water partition coefficient (Wildman–Crippen LogP) is 6.36. The van der Waals surface area contributed by atoms with Gasteiger partial charge in [-0.05, 0) is 50.0 Å². The monoisotopic (exact) mass is 619 g/mol. The maximum absolute atomic E-state index is 15.1. The van der Waals surface area contributed by atoms with Gasteiger partial charge in [0.15, 0.2) is 5.82 Å². The Kier molecular flexibility index (Phi) is 10.1. The van der Waals surface area contributed by atoms with E-state index in [4.69, 9.17) is 21.6 Å². The van der Waals surface area contributed by atoms with E-state index in [0.717, 1.165) is 0 Å². The molecular formula is C33H39ClFN7O2. The highest BCUT2D eigenvalue weighted by atomic mass is 35.5. The van der Waals surface area contributed by atoms with Crippen molar-refractivity contribution in [2.24, 2.45) is 4.99 Å². The number of rotatable bonds is 8. The fourth-order valence-electron chi connectivity index (χ4n) is 5.80. The number of carbonyl (C=O) groups excluding carboxylic acids is 2. The highest BCUT2D eigenvalue weighted by Gasteiger charge is 2.36. The van der Waals surface area contributed by atoms with Gasteiger partial charge in [0.25, 0.3) is 0 Å². The number of amides is 2. The van der Waals surface area contributed by atoms with E-state index >= 15 is 4.39 Å². The van der Waals surface area contributed by atoms with Gasteiger partial charge in [0.05, 0.1) is 33.4 Å². The lowest BCUT2D eigenvalue weighted by atomic mass is 9.99. The molecule has 1 aliphatic rings. The van der Waals surface area contributed by atoms with Crippen LogP contribution >= 0.6 is 11.6 Å². The fraction of sp³-hybridized carbons (Fsp3) is 0.394. The minimum atomic E-state index is -0.498. The van der Waals surface area contributed by atoms with Crippen LogP contribution in [-0.2, 0) is 9.59 Å². The molecule has 2 aromatic heterocycles. The second-order valence-electron chi connectivity index (χ2n) is 11.5. The normalized spacial score (nSPS) is 17.3. The van der Waals surface area contributed by atoms with Gasteiger partial charge in [-0.25, -0.2) is 19.3 Å². The Hall–Kier alpha value is -4.18. The van der Waals surface area contributed by atoms with Gasteiger partial charge < -0.3 is 9.80 Å². The van der Waals surface area contributed by atoms with Crippen LogP contribution in [-0.4, -0.2) is 75.1 Å². The fourth-order valence-corrected chi connectivity index (χ4v) is 6.05. The molecule has 0 spiro atoms. The van der Waals surface area contributed by atoms with Gasteiger partial charge in [0.1, 0.15) is 18.0 Å². The number of hydrogen-bond acceptors (Lipinski definition) is 6. The molecule has 2 amide bonds. The summed E-state index contributed by atoms with van der Waals surface area (Å²) in [5.74, 6) is -0.000596. The van der Waals surface area contributed by atoms with Gasteiger partial charge in [-0.1, -0.05) is 58.0 Å². The van der Waals surface area contributed by atoms with E-state index in [-0.39, 0.29) is 51.9 Å². The summed E-state index contributed by atoms with van der Waals surface area (Å²) in [4.78, 5) is 49.7. The number of hydrogen-bond donors (Lipinski definition) is 0. The molecule has 0 N–H and O–H groups in total. The molecule has 232 valence electrons. The second-order valence-corrected chi connectivity index (χ2v) is 12.0. The van der Waals surface area contributed by atoms with Gasteiger partial charge in [0.2, 0.25) is 12.3 Å². The summed E-state index contributed by atoms with van der Waals surface area (Å²) < 4.78 is 15.1. The number of aliphatic imine (C=N–C) groups is 1. The predicted molar refractivity (Wildman–Crippen MR) is 173 cm³/mol. The lowest BCUT2D eigenvalue weighted by molar-refractivity contribution is -0.129.